The molecule has 1 fully saturated rings. The van der Waals surface area contributed by atoms with Crippen LogP contribution in [-0.4, -0.2) is 5.60 Å². The van der Waals surface area contributed by atoms with Gasteiger partial charge < -0.3 is 4.74 Å². The minimum Gasteiger partial charge on any atom is -0.479 e. The molecule has 1 saturated heterocycles. The highest BCUT2D eigenvalue weighted by molar-refractivity contribution is 5.34. The molecule has 16 heavy (non-hydrogen) atoms. The Balaban J connectivity index is 3.14. The first-order chi connectivity index (χ1) is 6.81. The molecule has 1 aliphatic heterocycles. The summed E-state index contributed by atoms with van der Waals surface area (Å²) < 4.78 is 6.07. The van der Waals surface area contributed by atoms with E-state index in [1.165, 1.54) is 5.76 Å². The van der Waals surface area contributed by atoms with Gasteiger partial charge in [0.15, 0.2) is 5.60 Å². The Kier molecular flexibility index (Phi) is 2.78. The van der Waals surface area contributed by atoms with Gasteiger partial charge in [-0.05, 0) is 11.5 Å². The Morgan fingerprint density at radius 2 is 1.19 bits per heavy atom. The van der Waals surface area contributed by atoms with Gasteiger partial charge in [-0.3, -0.25) is 0 Å². The summed E-state index contributed by atoms with van der Waals surface area (Å²) in [4.78, 5) is 0. The lowest BCUT2D eigenvalue weighted by atomic mass is 9.65. The number of hydrogen-bond donors (Lipinski definition) is 0. The molecule has 1 heteroatoms. The van der Waals surface area contributed by atoms with Crippen LogP contribution >= 0.6 is 0 Å². The lowest BCUT2D eigenvalue weighted by molar-refractivity contribution is 0.0488. The second-order valence-corrected chi connectivity index (χ2v) is 8.16. The van der Waals surface area contributed by atoms with Crippen LogP contribution in [0.15, 0.2) is 11.8 Å². The summed E-state index contributed by atoms with van der Waals surface area (Å²) >= 11 is 0. The fourth-order valence-electron chi connectivity index (χ4n) is 2.83. The smallest absolute Gasteiger partial charge is 0.174 e. The molecule has 0 unspecified atom stereocenters. The van der Waals surface area contributed by atoms with Gasteiger partial charge in [0.2, 0.25) is 0 Å². The highest BCUT2D eigenvalue weighted by Crippen LogP contribution is 2.63. The number of ether oxygens (including phenoxy) is 1. The summed E-state index contributed by atoms with van der Waals surface area (Å²) in [6.07, 6.45) is 2.28. The average Bonchev–Trinajstić information content (AvgIpc) is 2.54. The number of allylic oxidation sites excluding steroid dienone is 1. The van der Waals surface area contributed by atoms with Gasteiger partial charge in [0.1, 0.15) is 5.76 Å². The Morgan fingerprint density at radius 1 is 0.812 bits per heavy atom. The molecule has 0 amide bonds. The topological polar surface area (TPSA) is 12.5 Å². The largest absolute Gasteiger partial charge is 0.479 e. The van der Waals surface area contributed by atoms with E-state index in [-0.39, 0.29) is 21.8 Å². The van der Waals surface area contributed by atoms with Crippen LogP contribution in [0.3, 0.4) is 0 Å². The zero-order valence-electron chi connectivity index (χ0n) is 12.5. The average molecular weight is 224 g/mol. The van der Waals surface area contributed by atoms with Gasteiger partial charge in [0.25, 0.3) is 0 Å². The first-order valence-electron chi connectivity index (χ1n) is 6.24. The highest BCUT2D eigenvalue weighted by Gasteiger charge is 2.67. The Labute approximate surface area is 101 Å². The zero-order valence-corrected chi connectivity index (χ0v) is 12.5. The van der Waals surface area contributed by atoms with Gasteiger partial charge in [0, 0.05) is 10.8 Å². The highest BCUT2D eigenvalue weighted by atomic mass is 16.6. The summed E-state index contributed by atoms with van der Waals surface area (Å²) in [7, 11) is 0. The van der Waals surface area contributed by atoms with Gasteiger partial charge >= 0.3 is 0 Å². The van der Waals surface area contributed by atoms with Crippen molar-refractivity contribution in [1.82, 2.24) is 0 Å². The van der Waals surface area contributed by atoms with Crippen molar-refractivity contribution in [3.63, 3.8) is 0 Å². The third-order valence-electron chi connectivity index (χ3n) is 3.24. The van der Waals surface area contributed by atoms with Crippen LogP contribution < -0.4 is 0 Å². The van der Waals surface area contributed by atoms with Gasteiger partial charge in [-0.25, -0.2) is 0 Å². The molecule has 1 rings (SSSR count). The summed E-state index contributed by atoms with van der Waals surface area (Å²) in [6, 6.07) is 0. The van der Waals surface area contributed by atoms with Crippen LogP contribution in [0.1, 0.15) is 62.3 Å². The first kappa shape index (κ1) is 13.6. The second kappa shape index (κ2) is 3.27. The molecule has 1 aliphatic rings. The van der Waals surface area contributed by atoms with Crippen LogP contribution in [0.25, 0.3) is 0 Å². The van der Waals surface area contributed by atoms with Crippen molar-refractivity contribution in [3.05, 3.63) is 11.8 Å². The Hall–Kier alpha value is -0.460. The molecule has 94 valence electrons. The van der Waals surface area contributed by atoms with Crippen molar-refractivity contribution in [2.24, 2.45) is 16.2 Å². The fraction of sp³-hybridized carbons (Fsp3) is 0.867. The lowest BCUT2D eigenvalue weighted by Gasteiger charge is -2.36. The monoisotopic (exact) mass is 224 g/mol. The lowest BCUT2D eigenvalue weighted by Crippen LogP contribution is -2.41. The molecule has 0 aromatic rings. The molecule has 0 atom stereocenters. The van der Waals surface area contributed by atoms with E-state index in [0.717, 1.165) is 0 Å². The summed E-state index contributed by atoms with van der Waals surface area (Å²) in [5, 5.41) is 0. The van der Waals surface area contributed by atoms with Crippen molar-refractivity contribution >= 4 is 0 Å². The number of hydrogen-bond acceptors (Lipinski definition) is 1. The standard InChI is InChI=1S/C15H28O/c1-12(2,3)10-11-15(16-11,13(4,5)6)14(7,8)9/h10H,1-9H3/b11-10-. The van der Waals surface area contributed by atoms with Crippen LogP contribution in [0.2, 0.25) is 0 Å². The molecule has 0 aromatic carbocycles. The third kappa shape index (κ3) is 2.14. The quantitative estimate of drug-likeness (QED) is 0.540. The molecular formula is C15H28O. The molecule has 1 nitrogen and oxygen atoms in total. The predicted molar refractivity (Wildman–Crippen MR) is 70.3 cm³/mol. The van der Waals surface area contributed by atoms with E-state index in [1.54, 1.807) is 0 Å². The van der Waals surface area contributed by atoms with Crippen LogP contribution in [0.4, 0.5) is 0 Å². The van der Waals surface area contributed by atoms with Crippen molar-refractivity contribution in [2.75, 3.05) is 0 Å². The van der Waals surface area contributed by atoms with Crippen LogP contribution in [-0.2, 0) is 4.74 Å². The molecule has 0 aliphatic carbocycles. The van der Waals surface area contributed by atoms with Crippen LogP contribution in [0, 0.1) is 16.2 Å². The van der Waals surface area contributed by atoms with E-state index in [4.69, 9.17) is 4.74 Å². The molecule has 0 bridgehead atoms. The Morgan fingerprint density at radius 3 is 1.38 bits per heavy atom. The van der Waals surface area contributed by atoms with Gasteiger partial charge in [-0.2, -0.15) is 0 Å². The number of epoxide rings is 1. The van der Waals surface area contributed by atoms with Crippen molar-refractivity contribution in [1.29, 1.82) is 0 Å². The molecule has 0 radical (unpaired) electrons. The molecule has 0 N–H and O–H groups in total. The maximum atomic E-state index is 6.07. The van der Waals surface area contributed by atoms with E-state index in [2.05, 4.69) is 68.4 Å². The van der Waals surface area contributed by atoms with E-state index in [1.807, 2.05) is 0 Å². The van der Waals surface area contributed by atoms with Crippen LogP contribution in [0.5, 0.6) is 0 Å². The zero-order chi connectivity index (χ0) is 13.0. The van der Waals surface area contributed by atoms with E-state index in [0.29, 0.717) is 0 Å². The number of rotatable bonds is 0. The molecule has 0 spiro atoms. The second-order valence-electron chi connectivity index (χ2n) is 8.16. The van der Waals surface area contributed by atoms with Crippen molar-refractivity contribution in [2.45, 2.75) is 67.9 Å². The molecule has 0 aromatic heterocycles. The molecular weight excluding hydrogens is 196 g/mol. The molecule has 0 saturated carbocycles. The van der Waals surface area contributed by atoms with E-state index < -0.39 is 0 Å². The maximum absolute atomic E-state index is 6.07. The summed E-state index contributed by atoms with van der Waals surface area (Å²) in [5.74, 6) is 1.18. The van der Waals surface area contributed by atoms with E-state index in [9.17, 15) is 0 Å². The minimum atomic E-state index is -0.0900. The van der Waals surface area contributed by atoms with Crippen molar-refractivity contribution in [3.8, 4) is 0 Å². The van der Waals surface area contributed by atoms with E-state index >= 15 is 0 Å². The fourth-order valence-corrected chi connectivity index (χ4v) is 2.83. The van der Waals surface area contributed by atoms with Gasteiger partial charge in [-0.15, -0.1) is 0 Å². The maximum Gasteiger partial charge on any atom is 0.174 e. The summed E-state index contributed by atoms with van der Waals surface area (Å²) in [5.41, 5.74) is 0.380. The predicted octanol–water partition coefficient (Wildman–Crippen LogP) is 4.78. The third-order valence-corrected chi connectivity index (χ3v) is 3.24. The van der Waals surface area contributed by atoms with Crippen molar-refractivity contribution < 1.29 is 4.74 Å². The molecule has 1 heterocycles. The normalized spacial score (nSPS) is 23.2. The summed E-state index contributed by atoms with van der Waals surface area (Å²) in [6.45, 7) is 20.3. The SMILES string of the molecule is CC(C)(C)/C=C1\OC1(C(C)(C)C)C(C)(C)C. The van der Waals surface area contributed by atoms with Gasteiger partial charge in [0.05, 0.1) is 0 Å². The first-order valence-corrected chi connectivity index (χ1v) is 6.24. The Bertz CT molecular complexity index is 288. The minimum absolute atomic E-state index is 0.0900. The van der Waals surface area contributed by atoms with Gasteiger partial charge in [-0.1, -0.05) is 62.3 Å².